The third kappa shape index (κ3) is 3.03. The predicted octanol–water partition coefficient (Wildman–Crippen LogP) is 3.60. The Kier molecular flexibility index (Phi) is 3.51. The third-order valence-corrected chi connectivity index (χ3v) is 2.67. The average Bonchev–Trinajstić information content (AvgIpc) is 2.30. The highest BCUT2D eigenvalue weighted by atomic mass is 79.9. The Labute approximate surface area is 102 Å². The number of halogens is 2. The van der Waals surface area contributed by atoms with E-state index >= 15 is 0 Å². The van der Waals surface area contributed by atoms with Crippen LogP contribution in [0.1, 0.15) is 5.56 Å². The minimum Gasteiger partial charge on any atom is -0.380 e. The van der Waals surface area contributed by atoms with Gasteiger partial charge in [-0.25, -0.2) is 4.98 Å². The molecule has 16 heavy (non-hydrogen) atoms. The SMILES string of the molecule is Fc1ccc(NCc2ccc(Br)cc2)cn1. The van der Waals surface area contributed by atoms with Gasteiger partial charge in [0.15, 0.2) is 0 Å². The molecule has 0 spiro atoms. The molecule has 1 N–H and O–H groups in total. The molecule has 0 aliphatic rings. The fourth-order valence-corrected chi connectivity index (χ4v) is 1.55. The van der Waals surface area contributed by atoms with Gasteiger partial charge >= 0.3 is 0 Å². The van der Waals surface area contributed by atoms with E-state index in [-0.39, 0.29) is 0 Å². The van der Waals surface area contributed by atoms with Crippen LogP contribution in [0.15, 0.2) is 47.1 Å². The van der Waals surface area contributed by atoms with E-state index in [4.69, 9.17) is 0 Å². The molecule has 0 saturated carbocycles. The summed E-state index contributed by atoms with van der Waals surface area (Å²) in [6.07, 6.45) is 1.48. The second kappa shape index (κ2) is 5.07. The van der Waals surface area contributed by atoms with Gasteiger partial charge in [0.2, 0.25) is 5.95 Å². The van der Waals surface area contributed by atoms with E-state index in [2.05, 4.69) is 26.2 Å². The molecule has 2 nitrogen and oxygen atoms in total. The molecule has 0 bridgehead atoms. The van der Waals surface area contributed by atoms with E-state index in [0.29, 0.717) is 6.54 Å². The Morgan fingerprint density at radius 2 is 1.88 bits per heavy atom. The van der Waals surface area contributed by atoms with Crippen molar-refractivity contribution >= 4 is 21.6 Å². The monoisotopic (exact) mass is 280 g/mol. The smallest absolute Gasteiger partial charge is 0.212 e. The van der Waals surface area contributed by atoms with Gasteiger partial charge in [0.1, 0.15) is 0 Å². The van der Waals surface area contributed by atoms with E-state index < -0.39 is 5.95 Å². The summed E-state index contributed by atoms with van der Waals surface area (Å²) < 4.78 is 13.6. The molecule has 1 heterocycles. The van der Waals surface area contributed by atoms with Crippen molar-refractivity contribution in [3.63, 3.8) is 0 Å². The van der Waals surface area contributed by atoms with Crippen molar-refractivity contribution in [1.82, 2.24) is 4.98 Å². The minimum absolute atomic E-state index is 0.464. The van der Waals surface area contributed by atoms with Crippen LogP contribution >= 0.6 is 15.9 Å². The number of nitrogens with zero attached hydrogens (tertiary/aromatic N) is 1. The summed E-state index contributed by atoms with van der Waals surface area (Å²) in [6, 6.07) is 11.0. The van der Waals surface area contributed by atoms with Crippen molar-refractivity contribution in [2.45, 2.75) is 6.54 Å². The fourth-order valence-electron chi connectivity index (χ4n) is 1.29. The molecule has 0 amide bonds. The Morgan fingerprint density at radius 3 is 2.50 bits per heavy atom. The summed E-state index contributed by atoms with van der Waals surface area (Å²) in [5, 5.41) is 3.16. The van der Waals surface area contributed by atoms with E-state index in [0.717, 1.165) is 15.7 Å². The van der Waals surface area contributed by atoms with Crippen LogP contribution in [0.5, 0.6) is 0 Å². The van der Waals surface area contributed by atoms with Gasteiger partial charge in [-0.3, -0.25) is 0 Å². The zero-order chi connectivity index (χ0) is 11.4. The van der Waals surface area contributed by atoms with Gasteiger partial charge in [-0.15, -0.1) is 0 Å². The van der Waals surface area contributed by atoms with Crippen molar-refractivity contribution in [2.24, 2.45) is 0 Å². The molecule has 1 aromatic heterocycles. The summed E-state index contributed by atoms with van der Waals surface area (Å²) in [5.41, 5.74) is 1.97. The minimum atomic E-state index is -0.464. The number of hydrogen-bond acceptors (Lipinski definition) is 2. The summed E-state index contributed by atoms with van der Waals surface area (Å²) in [7, 11) is 0. The van der Waals surface area contributed by atoms with E-state index in [1.54, 1.807) is 6.07 Å². The van der Waals surface area contributed by atoms with Gasteiger partial charge in [0.05, 0.1) is 11.9 Å². The Hall–Kier alpha value is -1.42. The Bertz CT molecular complexity index is 408. The summed E-state index contributed by atoms with van der Waals surface area (Å²) in [5.74, 6) is -0.464. The van der Waals surface area contributed by atoms with Crippen LogP contribution < -0.4 is 5.32 Å². The van der Waals surface area contributed by atoms with Crippen LogP contribution in [0.4, 0.5) is 10.1 Å². The van der Waals surface area contributed by atoms with Crippen LogP contribution in [0, 0.1) is 5.95 Å². The molecule has 2 aromatic rings. The lowest BCUT2D eigenvalue weighted by molar-refractivity contribution is 0.584. The molecule has 0 atom stereocenters. The van der Waals surface area contributed by atoms with E-state index in [1.165, 1.54) is 12.3 Å². The topological polar surface area (TPSA) is 24.9 Å². The van der Waals surface area contributed by atoms with Crippen LogP contribution in [0.2, 0.25) is 0 Å². The highest BCUT2D eigenvalue weighted by Gasteiger charge is 1.95. The zero-order valence-electron chi connectivity index (χ0n) is 8.45. The first-order valence-electron chi connectivity index (χ1n) is 4.84. The molecule has 0 saturated heterocycles. The number of anilines is 1. The fraction of sp³-hybridized carbons (Fsp3) is 0.0833. The Morgan fingerprint density at radius 1 is 1.12 bits per heavy atom. The summed E-state index contributed by atoms with van der Waals surface area (Å²) >= 11 is 3.38. The van der Waals surface area contributed by atoms with Gasteiger partial charge in [-0.1, -0.05) is 28.1 Å². The highest BCUT2D eigenvalue weighted by molar-refractivity contribution is 9.10. The van der Waals surface area contributed by atoms with Gasteiger partial charge in [0.25, 0.3) is 0 Å². The van der Waals surface area contributed by atoms with Crippen molar-refractivity contribution < 1.29 is 4.39 Å². The second-order valence-corrected chi connectivity index (χ2v) is 4.27. The lowest BCUT2D eigenvalue weighted by atomic mass is 10.2. The predicted molar refractivity (Wildman–Crippen MR) is 65.7 cm³/mol. The zero-order valence-corrected chi connectivity index (χ0v) is 10.0. The first-order chi connectivity index (χ1) is 7.74. The molecule has 4 heteroatoms. The third-order valence-electron chi connectivity index (χ3n) is 2.14. The molecule has 1 aromatic carbocycles. The van der Waals surface area contributed by atoms with Gasteiger partial charge in [0, 0.05) is 11.0 Å². The number of nitrogens with one attached hydrogen (secondary N) is 1. The molecule has 0 radical (unpaired) electrons. The standard InChI is InChI=1S/C12H10BrFN2/c13-10-3-1-9(2-4-10)7-15-11-5-6-12(14)16-8-11/h1-6,8,15H,7H2. The Balaban J connectivity index is 1.97. The summed E-state index contributed by atoms with van der Waals surface area (Å²) in [4.78, 5) is 3.57. The highest BCUT2D eigenvalue weighted by Crippen LogP contribution is 2.12. The van der Waals surface area contributed by atoms with Crippen LogP contribution in [-0.2, 0) is 6.54 Å². The van der Waals surface area contributed by atoms with Crippen LogP contribution in [0.25, 0.3) is 0 Å². The first-order valence-corrected chi connectivity index (χ1v) is 5.63. The van der Waals surface area contributed by atoms with E-state index in [9.17, 15) is 4.39 Å². The van der Waals surface area contributed by atoms with Gasteiger partial charge < -0.3 is 5.32 Å². The maximum Gasteiger partial charge on any atom is 0.212 e. The normalized spacial score (nSPS) is 10.1. The number of hydrogen-bond donors (Lipinski definition) is 1. The van der Waals surface area contributed by atoms with E-state index in [1.807, 2.05) is 24.3 Å². The molecular weight excluding hydrogens is 271 g/mol. The van der Waals surface area contributed by atoms with Gasteiger partial charge in [-0.2, -0.15) is 4.39 Å². The molecule has 2 rings (SSSR count). The van der Waals surface area contributed by atoms with Crippen molar-refractivity contribution in [1.29, 1.82) is 0 Å². The van der Waals surface area contributed by atoms with Crippen molar-refractivity contribution in [3.8, 4) is 0 Å². The maximum atomic E-state index is 12.6. The molecule has 0 aliphatic heterocycles. The largest absolute Gasteiger partial charge is 0.380 e. The molecule has 0 aliphatic carbocycles. The summed E-state index contributed by atoms with van der Waals surface area (Å²) in [6.45, 7) is 0.695. The number of benzene rings is 1. The lowest BCUT2D eigenvalue weighted by Gasteiger charge is -2.05. The number of rotatable bonds is 3. The molecular formula is C12H10BrFN2. The average molecular weight is 281 g/mol. The molecule has 0 fully saturated rings. The van der Waals surface area contributed by atoms with Gasteiger partial charge in [-0.05, 0) is 29.8 Å². The van der Waals surface area contributed by atoms with Crippen LogP contribution in [-0.4, -0.2) is 4.98 Å². The number of aromatic nitrogens is 1. The maximum absolute atomic E-state index is 12.6. The quantitative estimate of drug-likeness (QED) is 0.869. The van der Waals surface area contributed by atoms with Crippen molar-refractivity contribution in [3.05, 3.63) is 58.6 Å². The molecule has 0 unspecified atom stereocenters. The first kappa shape index (κ1) is 11.1. The lowest BCUT2D eigenvalue weighted by Crippen LogP contribution is -1.99. The number of pyridine rings is 1. The molecule has 82 valence electrons. The van der Waals surface area contributed by atoms with Crippen molar-refractivity contribution in [2.75, 3.05) is 5.32 Å². The second-order valence-electron chi connectivity index (χ2n) is 3.35. The van der Waals surface area contributed by atoms with Crippen LogP contribution in [0.3, 0.4) is 0 Å².